The lowest BCUT2D eigenvalue weighted by Gasteiger charge is -2.15. The molecule has 0 aliphatic rings. The summed E-state index contributed by atoms with van der Waals surface area (Å²) in [6.07, 6.45) is -3.17. The third-order valence-electron chi connectivity index (χ3n) is 2.66. The second-order valence-corrected chi connectivity index (χ2v) is 5.84. The summed E-state index contributed by atoms with van der Waals surface area (Å²) in [4.78, 5) is 0.266. The second kappa shape index (κ2) is 7.90. The van der Waals surface area contributed by atoms with Gasteiger partial charge in [-0.15, -0.1) is 11.8 Å². The molecular weight excluding hydrogens is 287 g/mol. The first-order chi connectivity index (χ1) is 9.34. The monoisotopic (exact) mass is 307 g/mol. The van der Waals surface area contributed by atoms with E-state index >= 15 is 0 Å². The van der Waals surface area contributed by atoms with Crippen LogP contribution < -0.4 is 5.73 Å². The molecule has 1 aromatic rings. The Balaban J connectivity index is 2.87. The standard InChI is InChI=1S/C14H20F3NOS/c1-10(18)8-11-4-5-13(20-7-3-6-19-2)12(9-11)14(15,16)17/h4-5,9-10H,3,6-8,18H2,1-2H3. The molecule has 0 bridgehead atoms. The Kier molecular flexibility index (Phi) is 6.85. The summed E-state index contributed by atoms with van der Waals surface area (Å²) in [5.74, 6) is 0.601. The van der Waals surface area contributed by atoms with Crippen LogP contribution in [0.2, 0.25) is 0 Å². The Labute approximate surface area is 121 Å². The second-order valence-electron chi connectivity index (χ2n) is 4.70. The lowest BCUT2D eigenvalue weighted by atomic mass is 10.0. The number of hydrogen-bond donors (Lipinski definition) is 1. The van der Waals surface area contributed by atoms with E-state index in [1.165, 1.54) is 23.9 Å². The average Bonchev–Trinajstić information content (AvgIpc) is 2.34. The van der Waals surface area contributed by atoms with Crippen molar-refractivity contribution >= 4 is 11.8 Å². The van der Waals surface area contributed by atoms with Crippen molar-refractivity contribution in [3.63, 3.8) is 0 Å². The number of methoxy groups -OCH3 is 1. The summed E-state index contributed by atoms with van der Waals surface area (Å²) < 4.78 is 44.1. The molecule has 0 fully saturated rings. The van der Waals surface area contributed by atoms with Gasteiger partial charge in [0.15, 0.2) is 0 Å². The van der Waals surface area contributed by atoms with Crippen molar-refractivity contribution < 1.29 is 17.9 Å². The van der Waals surface area contributed by atoms with E-state index in [1.54, 1.807) is 20.1 Å². The molecule has 2 N–H and O–H groups in total. The molecule has 0 heterocycles. The zero-order valence-electron chi connectivity index (χ0n) is 11.7. The molecule has 20 heavy (non-hydrogen) atoms. The van der Waals surface area contributed by atoms with Crippen LogP contribution in [0.1, 0.15) is 24.5 Å². The number of hydrogen-bond acceptors (Lipinski definition) is 3. The summed E-state index contributed by atoms with van der Waals surface area (Å²) in [5.41, 5.74) is 5.68. The summed E-state index contributed by atoms with van der Waals surface area (Å²) >= 11 is 1.21. The van der Waals surface area contributed by atoms with Crippen molar-refractivity contribution in [2.24, 2.45) is 5.73 Å². The van der Waals surface area contributed by atoms with Gasteiger partial charge < -0.3 is 10.5 Å². The summed E-state index contributed by atoms with van der Waals surface area (Å²) in [6.45, 7) is 2.33. The van der Waals surface area contributed by atoms with Gasteiger partial charge in [0.2, 0.25) is 0 Å². The maximum Gasteiger partial charge on any atom is 0.417 e. The van der Waals surface area contributed by atoms with Gasteiger partial charge in [0, 0.05) is 30.4 Å². The fraction of sp³-hybridized carbons (Fsp3) is 0.571. The van der Waals surface area contributed by atoms with Crippen molar-refractivity contribution in [3.8, 4) is 0 Å². The molecular formula is C14H20F3NOS. The first-order valence-corrected chi connectivity index (χ1v) is 7.40. The number of halogens is 3. The van der Waals surface area contributed by atoms with Crippen molar-refractivity contribution in [1.82, 2.24) is 0 Å². The van der Waals surface area contributed by atoms with Gasteiger partial charge >= 0.3 is 6.18 Å². The minimum absolute atomic E-state index is 0.156. The van der Waals surface area contributed by atoms with Gasteiger partial charge in [-0.1, -0.05) is 6.07 Å². The molecule has 0 aliphatic carbocycles. The van der Waals surface area contributed by atoms with Crippen LogP contribution in [0.25, 0.3) is 0 Å². The molecule has 0 saturated carbocycles. The first kappa shape index (κ1) is 17.3. The van der Waals surface area contributed by atoms with E-state index < -0.39 is 11.7 Å². The molecule has 0 aromatic heterocycles. The van der Waals surface area contributed by atoms with Crippen molar-refractivity contribution in [1.29, 1.82) is 0 Å². The van der Waals surface area contributed by atoms with Crippen LogP contribution in [-0.4, -0.2) is 25.5 Å². The van der Waals surface area contributed by atoms with Crippen LogP contribution in [0.3, 0.4) is 0 Å². The third kappa shape index (κ3) is 5.73. The van der Waals surface area contributed by atoms with Gasteiger partial charge in [0.1, 0.15) is 0 Å². The van der Waals surface area contributed by atoms with Crippen LogP contribution in [0, 0.1) is 0 Å². The summed E-state index contributed by atoms with van der Waals surface area (Å²) in [6, 6.07) is 4.31. The topological polar surface area (TPSA) is 35.2 Å². The highest BCUT2D eigenvalue weighted by atomic mass is 32.2. The van der Waals surface area contributed by atoms with Crippen LogP contribution in [0.15, 0.2) is 23.1 Å². The van der Waals surface area contributed by atoms with E-state index in [4.69, 9.17) is 10.5 Å². The van der Waals surface area contributed by atoms with Gasteiger partial charge in [0.05, 0.1) is 5.56 Å². The lowest BCUT2D eigenvalue weighted by Crippen LogP contribution is -2.18. The summed E-state index contributed by atoms with van der Waals surface area (Å²) in [7, 11) is 1.58. The third-order valence-corrected chi connectivity index (χ3v) is 3.82. The average molecular weight is 307 g/mol. The smallest absolute Gasteiger partial charge is 0.385 e. The number of alkyl halides is 3. The molecule has 1 rings (SSSR count). The Hall–Kier alpha value is -0.720. The van der Waals surface area contributed by atoms with Crippen LogP contribution >= 0.6 is 11.8 Å². The van der Waals surface area contributed by atoms with Gasteiger partial charge in [-0.05, 0) is 37.5 Å². The minimum Gasteiger partial charge on any atom is -0.385 e. The molecule has 1 atom stereocenters. The van der Waals surface area contributed by atoms with E-state index in [-0.39, 0.29) is 10.9 Å². The maximum absolute atomic E-state index is 13.1. The Bertz CT molecular complexity index is 421. The number of rotatable bonds is 7. The SMILES string of the molecule is COCCCSc1ccc(CC(C)N)cc1C(F)(F)F. The fourth-order valence-electron chi connectivity index (χ4n) is 1.81. The molecule has 1 aromatic carbocycles. The number of benzene rings is 1. The molecule has 6 heteroatoms. The van der Waals surface area contributed by atoms with Gasteiger partial charge in [-0.2, -0.15) is 13.2 Å². The fourth-order valence-corrected chi connectivity index (χ4v) is 2.79. The Morgan fingerprint density at radius 3 is 2.60 bits per heavy atom. The molecule has 1 unspecified atom stereocenters. The number of ether oxygens (including phenoxy) is 1. The van der Waals surface area contributed by atoms with E-state index in [0.717, 1.165) is 6.42 Å². The number of nitrogens with two attached hydrogens (primary N) is 1. The van der Waals surface area contributed by atoms with Crippen molar-refractivity contribution in [3.05, 3.63) is 29.3 Å². The number of thioether (sulfide) groups is 1. The van der Waals surface area contributed by atoms with Gasteiger partial charge in [-0.25, -0.2) is 0 Å². The van der Waals surface area contributed by atoms with E-state index in [9.17, 15) is 13.2 Å². The minimum atomic E-state index is -4.34. The lowest BCUT2D eigenvalue weighted by molar-refractivity contribution is -0.139. The largest absolute Gasteiger partial charge is 0.417 e. The quantitative estimate of drug-likeness (QED) is 0.616. The molecule has 114 valence electrons. The summed E-state index contributed by atoms with van der Waals surface area (Å²) in [5, 5.41) is 0. The first-order valence-electron chi connectivity index (χ1n) is 6.42. The Morgan fingerprint density at radius 2 is 2.05 bits per heavy atom. The predicted molar refractivity (Wildman–Crippen MR) is 76.0 cm³/mol. The molecule has 0 spiro atoms. The van der Waals surface area contributed by atoms with Gasteiger partial charge in [-0.3, -0.25) is 0 Å². The molecule has 0 amide bonds. The highest BCUT2D eigenvalue weighted by molar-refractivity contribution is 7.99. The van der Waals surface area contributed by atoms with Crippen LogP contribution in [0.4, 0.5) is 13.2 Å². The molecule has 0 radical (unpaired) electrons. The zero-order valence-corrected chi connectivity index (χ0v) is 12.5. The molecule has 0 aliphatic heterocycles. The van der Waals surface area contributed by atoms with Crippen LogP contribution in [0.5, 0.6) is 0 Å². The van der Waals surface area contributed by atoms with Gasteiger partial charge in [0.25, 0.3) is 0 Å². The molecule has 0 saturated heterocycles. The van der Waals surface area contributed by atoms with Crippen LogP contribution in [-0.2, 0) is 17.3 Å². The van der Waals surface area contributed by atoms with E-state index in [2.05, 4.69) is 0 Å². The van der Waals surface area contributed by atoms with E-state index in [1.807, 2.05) is 0 Å². The van der Waals surface area contributed by atoms with Crippen molar-refractivity contribution in [2.75, 3.05) is 19.5 Å². The highest BCUT2D eigenvalue weighted by Crippen LogP contribution is 2.37. The normalized spacial score (nSPS) is 13.5. The van der Waals surface area contributed by atoms with Crippen molar-refractivity contribution in [2.45, 2.75) is 36.9 Å². The predicted octanol–water partition coefficient (Wildman–Crippen LogP) is 3.72. The Morgan fingerprint density at radius 1 is 1.35 bits per heavy atom. The molecule has 2 nitrogen and oxygen atoms in total. The highest BCUT2D eigenvalue weighted by Gasteiger charge is 2.33. The van der Waals surface area contributed by atoms with E-state index in [0.29, 0.717) is 24.3 Å². The maximum atomic E-state index is 13.1. The zero-order chi connectivity index (χ0) is 15.2.